The minimum absolute atomic E-state index is 0.0213. The van der Waals surface area contributed by atoms with E-state index >= 15 is 0 Å². The summed E-state index contributed by atoms with van der Waals surface area (Å²) in [6.07, 6.45) is 5.08. The summed E-state index contributed by atoms with van der Waals surface area (Å²) in [5, 5.41) is 6.25. The molecule has 1 aromatic rings. The third-order valence-corrected chi connectivity index (χ3v) is 8.12. The van der Waals surface area contributed by atoms with Gasteiger partial charge >= 0.3 is 0 Å². The Bertz CT molecular complexity index is 763. The van der Waals surface area contributed by atoms with Gasteiger partial charge in [-0.05, 0) is 24.3 Å². The average molecular weight is 434 g/mol. The quantitative estimate of drug-likeness (QED) is 0.715. The molecule has 0 bridgehead atoms. The van der Waals surface area contributed by atoms with E-state index in [9.17, 15) is 18.0 Å². The fraction of sp³-hybridized carbons (Fsp3) is 0.647. The molecule has 1 saturated heterocycles. The number of carbonyl (C=O) groups is 2. The molecule has 1 aliphatic heterocycles. The van der Waals surface area contributed by atoms with Crippen LogP contribution < -0.4 is 5.32 Å². The van der Waals surface area contributed by atoms with E-state index in [4.69, 9.17) is 11.6 Å². The van der Waals surface area contributed by atoms with Gasteiger partial charge in [-0.1, -0.05) is 19.3 Å². The highest BCUT2D eigenvalue weighted by Gasteiger charge is 2.41. The summed E-state index contributed by atoms with van der Waals surface area (Å²) in [7, 11) is -3.80. The highest BCUT2D eigenvalue weighted by molar-refractivity contribution is 7.89. The molecule has 2 heterocycles. The van der Waals surface area contributed by atoms with Crippen molar-refractivity contribution < 1.29 is 18.0 Å². The summed E-state index contributed by atoms with van der Waals surface area (Å²) in [5.41, 5.74) is 0. The number of hydrogen-bond donors (Lipinski definition) is 1. The number of thiophene rings is 1. The van der Waals surface area contributed by atoms with E-state index in [1.807, 2.05) is 0 Å². The van der Waals surface area contributed by atoms with Crippen molar-refractivity contribution in [3.8, 4) is 0 Å². The number of alkyl halides is 1. The molecule has 1 atom stereocenters. The van der Waals surface area contributed by atoms with Gasteiger partial charge in [-0.2, -0.15) is 15.6 Å². The van der Waals surface area contributed by atoms with Crippen molar-refractivity contribution in [1.82, 2.24) is 14.5 Å². The van der Waals surface area contributed by atoms with E-state index in [0.717, 1.165) is 32.1 Å². The van der Waals surface area contributed by atoms with Crippen LogP contribution in [0.4, 0.5) is 0 Å². The Kier molecular flexibility index (Phi) is 6.78. The molecule has 1 N–H and O–H groups in total. The van der Waals surface area contributed by atoms with Gasteiger partial charge in [0.25, 0.3) is 0 Å². The summed E-state index contributed by atoms with van der Waals surface area (Å²) in [6, 6.07) is 0.653. The first-order valence-electron chi connectivity index (χ1n) is 9.11. The van der Waals surface area contributed by atoms with Gasteiger partial charge in [-0.25, -0.2) is 8.42 Å². The summed E-state index contributed by atoms with van der Waals surface area (Å²) >= 11 is 6.94. The zero-order chi connectivity index (χ0) is 19.4. The second-order valence-electron chi connectivity index (χ2n) is 6.91. The summed E-state index contributed by atoms with van der Waals surface area (Å²) in [6.45, 7) is 0.319. The number of nitrogens with one attached hydrogen (secondary N) is 1. The molecular formula is C17H24ClN3O4S2. The van der Waals surface area contributed by atoms with E-state index < -0.39 is 16.1 Å². The first-order valence-corrected chi connectivity index (χ1v) is 12.0. The number of piperazine rings is 1. The molecule has 3 rings (SSSR count). The molecule has 2 amide bonds. The van der Waals surface area contributed by atoms with Crippen molar-refractivity contribution in [2.24, 2.45) is 0 Å². The SMILES string of the molecule is O=C(NC1CCCCC1)[C@@H]1CN(C(=O)CCl)CCN1S(=O)(=O)c1ccsc1. The Morgan fingerprint density at radius 3 is 2.59 bits per heavy atom. The first kappa shape index (κ1) is 20.6. The molecule has 7 nitrogen and oxygen atoms in total. The van der Waals surface area contributed by atoms with E-state index in [1.54, 1.807) is 10.8 Å². The minimum atomic E-state index is -3.80. The third kappa shape index (κ3) is 4.64. The molecule has 1 aliphatic carbocycles. The van der Waals surface area contributed by atoms with E-state index in [1.165, 1.54) is 26.6 Å². The van der Waals surface area contributed by atoms with Crippen molar-refractivity contribution in [2.75, 3.05) is 25.5 Å². The van der Waals surface area contributed by atoms with Gasteiger partial charge in [0.05, 0.1) is 4.90 Å². The van der Waals surface area contributed by atoms with Crippen LogP contribution in [0.3, 0.4) is 0 Å². The fourth-order valence-electron chi connectivity index (χ4n) is 3.66. The van der Waals surface area contributed by atoms with Crippen LogP contribution >= 0.6 is 22.9 Å². The smallest absolute Gasteiger partial charge is 0.244 e. The normalized spacial score (nSPS) is 22.6. The highest BCUT2D eigenvalue weighted by Crippen LogP contribution is 2.24. The van der Waals surface area contributed by atoms with Crippen LogP contribution in [0.1, 0.15) is 32.1 Å². The van der Waals surface area contributed by atoms with Gasteiger partial charge in [-0.15, -0.1) is 11.6 Å². The van der Waals surface area contributed by atoms with E-state index in [-0.39, 0.29) is 48.3 Å². The number of halogens is 1. The predicted molar refractivity (Wildman–Crippen MR) is 104 cm³/mol. The topological polar surface area (TPSA) is 86.8 Å². The van der Waals surface area contributed by atoms with Crippen molar-refractivity contribution in [3.63, 3.8) is 0 Å². The standard InChI is InChI=1S/C17H24ClN3O4S2/c18-10-16(22)20-7-8-21(27(24,25)14-6-9-26-12-14)15(11-20)17(23)19-13-4-2-1-3-5-13/h6,9,12-13,15H,1-5,7-8,10-11H2,(H,19,23)/t15-/m0/s1. The molecule has 150 valence electrons. The van der Waals surface area contributed by atoms with Crippen molar-refractivity contribution in [3.05, 3.63) is 16.8 Å². The van der Waals surface area contributed by atoms with Gasteiger partial charge in [-0.3, -0.25) is 9.59 Å². The Morgan fingerprint density at radius 2 is 1.96 bits per heavy atom. The lowest BCUT2D eigenvalue weighted by molar-refractivity contribution is -0.134. The average Bonchev–Trinajstić information content (AvgIpc) is 3.23. The maximum Gasteiger partial charge on any atom is 0.244 e. The van der Waals surface area contributed by atoms with Gasteiger partial charge < -0.3 is 10.2 Å². The molecule has 0 spiro atoms. The molecule has 0 unspecified atom stereocenters. The molecular weight excluding hydrogens is 410 g/mol. The van der Waals surface area contributed by atoms with Crippen molar-refractivity contribution in [2.45, 2.75) is 49.1 Å². The Labute approximate surface area is 168 Å². The van der Waals surface area contributed by atoms with Crippen molar-refractivity contribution >= 4 is 44.8 Å². The molecule has 10 heteroatoms. The van der Waals surface area contributed by atoms with Crippen LogP contribution in [-0.2, 0) is 19.6 Å². The zero-order valence-corrected chi connectivity index (χ0v) is 17.4. The monoisotopic (exact) mass is 433 g/mol. The largest absolute Gasteiger partial charge is 0.352 e. The maximum absolute atomic E-state index is 13.0. The van der Waals surface area contributed by atoms with Crippen LogP contribution in [-0.4, -0.2) is 67.0 Å². The molecule has 0 radical (unpaired) electrons. The number of hydrogen-bond acceptors (Lipinski definition) is 5. The third-order valence-electron chi connectivity index (χ3n) is 5.15. The summed E-state index contributed by atoms with van der Waals surface area (Å²) in [4.78, 5) is 26.6. The molecule has 2 fully saturated rings. The van der Waals surface area contributed by atoms with Gasteiger partial charge in [0.2, 0.25) is 21.8 Å². The number of sulfonamides is 1. The highest BCUT2D eigenvalue weighted by atomic mass is 35.5. The maximum atomic E-state index is 13.0. The molecule has 2 aliphatic rings. The van der Waals surface area contributed by atoms with Gasteiger partial charge in [0, 0.05) is 31.1 Å². The molecule has 1 aromatic heterocycles. The number of nitrogens with zero attached hydrogens (tertiary/aromatic N) is 2. The fourth-order valence-corrected chi connectivity index (χ4v) is 6.41. The lowest BCUT2D eigenvalue weighted by Gasteiger charge is -2.40. The van der Waals surface area contributed by atoms with Gasteiger partial charge in [0.1, 0.15) is 11.9 Å². The Balaban J connectivity index is 1.82. The first-order chi connectivity index (χ1) is 12.9. The molecule has 1 saturated carbocycles. The van der Waals surface area contributed by atoms with Crippen molar-refractivity contribution in [1.29, 1.82) is 0 Å². The Morgan fingerprint density at radius 1 is 1.22 bits per heavy atom. The molecule has 27 heavy (non-hydrogen) atoms. The minimum Gasteiger partial charge on any atom is -0.352 e. The van der Waals surface area contributed by atoms with Gasteiger partial charge in [0.15, 0.2) is 0 Å². The second kappa shape index (κ2) is 8.89. The van der Waals surface area contributed by atoms with E-state index in [2.05, 4.69) is 5.32 Å². The Hall–Kier alpha value is -1.16. The van der Waals surface area contributed by atoms with Crippen LogP contribution in [0.2, 0.25) is 0 Å². The molecule has 0 aromatic carbocycles. The van der Waals surface area contributed by atoms with Crippen LogP contribution in [0.15, 0.2) is 21.7 Å². The summed E-state index contributed by atoms with van der Waals surface area (Å²) < 4.78 is 27.3. The number of carbonyl (C=O) groups excluding carboxylic acids is 2. The van der Waals surface area contributed by atoms with Crippen LogP contribution in [0.25, 0.3) is 0 Å². The van der Waals surface area contributed by atoms with E-state index in [0.29, 0.717) is 0 Å². The lowest BCUT2D eigenvalue weighted by atomic mass is 9.95. The predicted octanol–water partition coefficient (Wildman–Crippen LogP) is 1.64. The van der Waals surface area contributed by atoms with Crippen LogP contribution in [0.5, 0.6) is 0 Å². The number of amides is 2. The zero-order valence-electron chi connectivity index (χ0n) is 15.0. The lowest BCUT2D eigenvalue weighted by Crippen LogP contribution is -2.62. The summed E-state index contributed by atoms with van der Waals surface area (Å²) in [5.74, 6) is -0.818. The number of rotatable bonds is 5. The van der Waals surface area contributed by atoms with Crippen LogP contribution in [0, 0.1) is 0 Å². The second-order valence-corrected chi connectivity index (χ2v) is 9.85.